The number of carbonyl (C=O) groups excluding carboxylic acids is 1. The van der Waals surface area contributed by atoms with Crippen LogP contribution in [0.15, 0.2) is 41.5 Å². The Bertz CT molecular complexity index is 1080. The third-order valence-electron chi connectivity index (χ3n) is 5.26. The van der Waals surface area contributed by atoms with Gasteiger partial charge >= 0.3 is 0 Å². The van der Waals surface area contributed by atoms with Gasteiger partial charge in [-0.05, 0) is 49.9 Å². The van der Waals surface area contributed by atoms with Crippen LogP contribution in [0.4, 0.5) is 0 Å². The number of aromatic nitrogens is 3. The van der Waals surface area contributed by atoms with Gasteiger partial charge in [0.25, 0.3) is 5.56 Å². The molecule has 1 unspecified atom stereocenters. The Morgan fingerprint density at radius 1 is 1.32 bits per heavy atom. The molecule has 1 N–H and O–H groups in total. The predicted molar refractivity (Wildman–Crippen MR) is 107 cm³/mol. The third-order valence-corrected chi connectivity index (χ3v) is 5.26. The summed E-state index contributed by atoms with van der Waals surface area (Å²) in [6, 6.07) is 7.81. The van der Waals surface area contributed by atoms with E-state index in [0.29, 0.717) is 11.4 Å². The maximum absolute atomic E-state index is 12.9. The van der Waals surface area contributed by atoms with Crippen LogP contribution < -0.4 is 15.6 Å². The Morgan fingerprint density at radius 3 is 2.68 bits per heavy atom. The standard InChI is InChI=1S/C21H24N4O3/c1-13-11-24(16-6-7-16)18-10-22-25(21(27)20(13)18)12-19(26)23-14(2)15-4-8-17(28-3)9-5-15/h4-5,8-11,14,16H,6-7,12H2,1-3H3,(H,23,26). The lowest BCUT2D eigenvalue weighted by Crippen LogP contribution is -2.35. The highest BCUT2D eigenvalue weighted by molar-refractivity contribution is 5.83. The summed E-state index contributed by atoms with van der Waals surface area (Å²) in [5.41, 5.74) is 2.52. The van der Waals surface area contributed by atoms with Crippen molar-refractivity contribution in [1.29, 1.82) is 0 Å². The van der Waals surface area contributed by atoms with Crippen LogP contribution in [0.1, 0.15) is 43.0 Å². The van der Waals surface area contributed by atoms with Crippen LogP contribution in [0.5, 0.6) is 5.75 Å². The Labute approximate surface area is 162 Å². The quantitative estimate of drug-likeness (QED) is 0.713. The summed E-state index contributed by atoms with van der Waals surface area (Å²) in [6.45, 7) is 3.72. The molecule has 7 heteroatoms. The third kappa shape index (κ3) is 3.40. The normalized spacial score (nSPS) is 14.8. The molecule has 1 fully saturated rings. The SMILES string of the molecule is COc1ccc(C(C)NC(=O)Cn2ncc3c(c(C)cn3C3CC3)c2=O)cc1. The molecule has 4 rings (SSSR count). The first-order valence-corrected chi connectivity index (χ1v) is 9.48. The van der Waals surface area contributed by atoms with Crippen molar-refractivity contribution in [2.45, 2.75) is 45.3 Å². The molecule has 2 aromatic heterocycles. The van der Waals surface area contributed by atoms with Crippen molar-refractivity contribution in [3.8, 4) is 5.75 Å². The molecule has 146 valence electrons. The predicted octanol–water partition coefficient (Wildman–Crippen LogP) is 2.73. The second-order valence-electron chi connectivity index (χ2n) is 7.38. The smallest absolute Gasteiger partial charge is 0.276 e. The minimum Gasteiger partial charge on any atom is -0.497 e. The van der Waals surface area contributed by atoms with Crippen LogP contribution in [0.25, 0.3) is 10.9 Å². The van der Waals surface area contributed by atoms with Crippen molar-refractivity contribution in [3.05, 3.63) is 58.1 Å². The van der Waals surface area contributed by atoms with E-state index >= 15 is 0 Å². The minimum absolute atomic E-state index is 0.108. The number of nitrogens with zero attached hydrogens (tertiary/aromatic N) is 3. The van der Waals surface area contributed by atoms with E-state index in [0.717, 1.165) is 35.2 Å². The summed E-state index contributed by atoms with van der Waals surface area (Å²) in [4.78, 5) is 25.3. The average molecular weight is 380 g/mol. The molecule has 0 radical (unpaired) electrons. The lowest BCUT2D eigenvalue weighted by molar-refractivity contribution is -0.122. The van der Waals surface area contributed by atoms with Gasteiger partial charge in [-0.1, -0.05) is 12.1 Å². The second kappa shape index (κ2) is 7.14. The number of methoxy groups -OCH3 is 1. The van der Waals surface area contributed by atoms with Gasteiger partial charge < -0.3 is 14.6 Å². The number of carbonyl (C=O) groups is 1. The summed E-state index contributed by atoms with van der Waals surface area (Å²) < 4.78 is 8.52. The van der Waals surface area contributed by atoms with E-state index in [1.807, 2.05) is 44.3 Å². The molecule has 0 aliphatic heterocycles. The molecule has 1 aliphatic rings. The van der Waals surface area contributed by atoms with Gasteiger partial charge in [0.2, 0.25) is 5.91 Å². The van der Waals surface area contributed by atoms with Crippen molar-refractivity contribution in [3.63, 3.8) is 0 Å². The Hall–Kier alpha value is -3.09. The van der Waals surface area contributed by atoms with Gasteiger partial charge in [0.1, 0.15) is 12.3 Å². The molecule has 0 spiro atoms. The number of ether oxygens (including phenoxy) is 1. The molecule has 3 aromatic rings. The van der Waals surface area contributed by atoms with Crippen molar-refractivity contribution >= 4 is 16.8 Å². The van der Waals surface area contributed by atoms with Crippen LogP contribution in [-0.2, 0) is 11.3 Å². The van der Waals surface area contributed by atoms with E-state index in [-0.39, 0.29) is 24.1 Å². The highest BCUT2D eigenvalue weighted by Gasteiger charge is 2.26. The molecule has 0 bridgehead atoms. The zero-order valence-corrected chi connectivity index (χ0v) is 16.3. The van der Waals surface area contributed by atoms with E-state index < -0.39 is 0 Å². The number of aryl methyl sites for hydroxylation is 1. The summed E-state index contributed by atoms with van der Waals surface area (Å²) in [5, 5.41) is 7.81. The van der Waals surface area contributed by atoms with Crippen LogP contribution >= 0.6 is 0 Å². The Kier molecular flexibility index (Phi) is 4.66. The van der Waals surface area contributed by atoms with Crippen LogP contribution in [0.2, 0.25) is 0 Å². The fourth-order valence-corrected chi connectivity index (χ4v) is 3.56. The van der Waals surface area contributed by atoms with E-state index in [9.17, 15) is 9.59 Å². The fourth-order valence-electron chi connectivity index (χ4n) is 3.56. The van der Waals surface area contributed by atoms with Crippen molar-refractivity contribution in [2.24, 2.45) is 0 Å². The van der Waals surface area contributed by atoms with Gasteiger partial charge in [0, 0.05) is 12.2 Å². The molecular formula is C21H24N4O3. The number of hydrogen-bond donors (Lipinski definition) is 1. The number of fused-ring (bicyclic) bond motifs is 1. The average Bonchev–Trinajstić information content (AvgIpc) is 3.47. The molecule has 1 amide bonds. The molecule has 2 heterocycles. The van der Waals surface area contributed by atoms with Gasteiger partial charge in [-0.15, -0.1) is 0 Å². The molecular weight excluding hydrogens is 356 g/mol. The lowest BCUT2D eigenvalue weighted by atomic mass is 10.1. The monoisotopic (exact) mass is 380 g/mol. The number of hydrogen-bond acceptors (Lipinski definition) is 4. The zero-order valence-electron chi connectivity index (χ0n) is 16.3. The van der Waals surface area contributed by atoms with Crippen LogP contribution in [-0.4, -0.2) is 27.4 Å². The van der Waals surface area contributed by atoms with Gasteiger partial charge in [-0.3, -0.25) is 9.59 Å². The Balaban J connectivity index is 1.51. The van der Waals surface area contributed by atoms with Crippen molar-refractivity contribution < 1.29 is 9.53 Å². The largest absolute Gasteiger partial charge is 0.497 e. The first-order chi connectivity index (χ1) is 13.5. The van der Waals surface area contributed by atoms with E-state index in [1.54, 1.807) is 13.3 Å². The van der Waals surface area contributed by atoms with E-state index in [2.05, 4.69) is 15.0 Å². The number of amides is 1. The molecule has 28 heavy (non-hydrogen) atoms. The molecule has 1 aliphatic carbocycles. The van der Waals surface area contributed by atoms with Crippen LogP contribution in [0, 0.1) is 6.92 Å². The topological polar surface area (TPSA) is 78.2 Å². The highest BCUT2D eigenvalue weighted by Crippen LogP contribution is 2.37. The fraction of sp³-hybridized carbons (Fsp3) is 0.381. The van der Waals surface area contributed by atoms with Gasteiger partial charge in [-0.25, -0.2) is 4.68 Å². The first kappa shape index (κ1) is 18.3. The lowest BCUT2D eigenvalue weighted by Gasteiger charge is -2.15. The van der Waals surface area contributed by atoms with Crippen molar-refractivity contribution in [1.82, 2.24) is 19.7 Å². The summed E-state index contributed by atoms with van der Waals surface area (Å²) >= 11 is 0. The molecule has 7 nitrogen and oxygen atoms in total. The van der Waals surface area contributed by atoms with Gasteiger partial charge in [-0.2, -0.15) is 5.10 Å². The first-order valence-electron chi connectivity index (χ1n) is 9.48. The zero-order chi connectivity index (χ0) is 19.8. The molecule has 1 saturated carbocycles. The van der Waals surface area contributed by atoms with E-state index in [1.165, 1.54) is 4.68 Å². The van der Waals surface area contributed by atoms with Gasteiger partial charge in [0.05, 0.1) is 30.3 Å². The van der Waals surface area contributed by atoms with Gasteiger partial charge in [0.15, 0.2) is 0 Å². The molecule has 1 aromatic carbocycles. The highest BCUT2D eigenvalue weighted by atomic mass is 16.5. The molecule has 1 atom stereocenters. The maximum atomic E-state index is 12.9. The summed E-state index contributed by atoms with van der Waals surface area (Å²) in [6.07, 6.45) is 5.99. The number of benzene rings is 1. The second-order valence-corrected chi connectivity index (χ2v) is 7.38. The number of nitrogens with one attached hydrogen (secondary N) is 1. The molecule has 0 saturated heterocycles. The number of rotatable bonds is 6. The Morgan fingerprint density at radius 2 is 2.04 bits per heavy atom. The summed E-state index contributed by atoms with van der Waals surface area (Å²) in [5.74, 6) is 0.511. The van der Waals surface area contributed by atoms with Crippen molar-refractivity contribution in [2.75, 3.05) is 7.11 Å². The minimum atomic E-state index is -0.253. The van der Waals surface area contributed by atoms with E-state index in [4.69, 9.17) is 4.74 Å². The van der Waals surface area contributed by atoms with Crippen LogP contribution in [0.3, 0.4) is 0 Å². The summed E-state index contributed by atoms with van der Waals surface area (Å²) in [7, 11) is 1.61. The maximum Gasteiger partial charge on any atom is 0.276 e.